The number of nitrogens with two attached hydrogens (primary N) is 1. The zero-order valence-corrected chi connectivity index (χ0v) is 8.79. The molecule has 3 heteroatoms. The van der Waals surface area contributed by atoms with Gasteiger partial charge in [0.1, 0.15) is 5.54 Å². The number of rotatable bonds is 3. The van der Waals surface area contributed by atoms with Crippen LogP contribution in [-0.4, -0.2) is 18.1 Å². The first-order valence-electron chi connectivity index (χ1n) is 5.64. The van der Waals surface area contributed by atoms with Crippen molar-refractivity contribution < 1.29 is 9.53 Å². The predicted molar refractivity (Wildman–Crippen MR) is 53.6 cm³/mol. The molecule has 0 bridgehead atoms. The molecule has 0 spiro atoms. The van der Waals surface area contributed by atoms with Crippen molar-refractivity contribution in [1.29, 1.82) is 0 Å². The molecule has 2 atom stereocenters. The molecule has 2 unspecified atom stereocenters. The fourth-order valence-corrected chi connectivity index (χ4v) is 2.75. The van der Waals surface area contributed by atoms with Crippen LogP contribution in [0.4, 0.5) is 0 Å². The average Bonchev–Trinajstić information content (AvgIpc) is 2.66. The Morgan fingerprint density at radius 2 is 2.14 bits per heavy atom. The molecule has 0 aromatic carbocycles. The van der Waals surface area contributed by atoms with Gasteiger partial charge in [0.2, 0.25) is 0 Å². The van der Waals surface area contributed by atoms with E-state index in [2.05, 4.69) is 0 Å². The van der Waals surface area contributed by atoms with Gasteiger partial charge >= 0.3 is 5.97 Å². The Bertz CT molecular complexity index is 235. The van der Waals surface area contributed by atoms with Crippen LogP contribution in [-0.2, 0) is 9.53 Å². The Hall–Kier alpha value is -0.570. The van der Waals surface area contributed by atoms with E-state index in [4.69, 9.17) is 10.5 Å². The maximum Gasteiger partial charge on any atom is 0.326 e. The van der Waals surface area contributed by atoms with E-state index in [0.717, 1.165) is 6.42 Å². The van der Waals surface area contributed by atoms with Crippen molar-refractivity contribution in [3.8, 4) is 0 Å². The molecule has 0 aliphatic heterocycles. The molecule has 0 heterocycles. The molecule has 2 aliphatic carbocycles. The number of carbonyl (C=O) groups excluding carboxylic acids is 1. The SMILES string of the molecule is CCOC(=O)C1(N)CC1C1CCCC1. The highest BCUT2D eigenvalue weighted by atomic mass is 16.5. The normalized spacial score (nSPS) is 37.1. The minimum absolute atomic E-state index is 0.183. The van der Waals surface area contributed by atoms with Crippen LogP contribution in [0.3, 0.4) is 0 Å². The smallest absolute Gasteiger partial charge is 0.326 e. The molecule has 80 valence electrons. The number of esters is 1. The molecule has 2 saturated carbocycles. The van der Waals surface area contributed by atoms with Gasteiger partial charge < -0.3 is 10.5 Å². The molecule has 2 aliphatic rings. The fourth-order valence-electron chi connectivity index (χ4n) is 2.75. The third kappa shape index (κ3) is 1.54. The van der Waals surface area contributed by atoms with Crippen molar-refractivity contribution in [2.75, 3.05) is 6.61 Å². The van der Waals surface area contributed by atoms with E-state index in [1.54, 1.807) is 0 Å². The van der Waals surface area contributed by atoms with Crippen LogP contribution in [0, 0.1) is 11.8 Å². The number of ether oxygens (including phenoxy) is 1. The first-order valence-corrected chi connectivity index (χ1v) is 5.64. The van der Waals surface area contributed by atoms with E-state index >= 15 is 0 Å². The molecule has 0 aromatic heterocycles. The van der Waals surface area contributed by atoms with Gasteiger partial charge in [-0.1, -0.05) is 25.7 Å². The van der Waals surface area contributed by atoms with E-state index in [1.807, 2.05) is 6.92 Å². The summed E-state index contributed by atoms with van der Waals surface area (Å²) < 4.78 is 4.99. The maximum atomic E-state index is 11.5. The minimum Gasteiger partial charge on any atom is -0.465 e. The number of carbonyl (C=O) groups is 1. The Morgan fingerprint density at radius 1 is 1.50 bits per heavy atom. The van der Waals surface area contributed by atoms with Crippen molar-refractivity contribution in [3.05, 3.63) is 0 Å². The highest BCUT2D eigenvalue weighted by Gasteiger charge is 2.61. The Morgan fingerprint density at radius 3 is 2.71 bits per heavy atom. The van der Waals surface area contributed by atoms with Crippen molar-refractivity contribution in [1.82, 2.24) is 0 Å². The molecular formula is C11H19NO2. The zero-order chi connectivity index (χ0) is 10.2. The van der Waals surface area contributed by atoms with E-state index in [9.17, 15) is 4.79 Å². The Kier molecular flexibility index (Phi) is 2.52. The first-order chi connectivity index (χ1) is 6.68. The van der Waals surface area contributed by atoms with E-state index in [-0.39, 0.29) is 5.97 Å². The topological polar surface area (TPSA) is 52.3 Å². The van der Waals surface area contributed by atoms with Gasteiger partial charge in [-0.2, -0.15) is 0 Å². The van der Waals surface area contributed by atoms with E-state index in [0.29, 0.717) is 18.4 Å². The summed E-state index contributed by atoms with van der Waals surface area (Å²) >= 11 is 0. The van der Waals surface area contributed by atoms with Crippen LogP contribution < -0.4 is 5.73 Å². The minimum atomic E-state index is -0.620. The Balaban J connectivity index is 1.91. The van der Waals surface area contributed by atoms with Gasteiger partial charge in [0.05, 0.1) is 6.61 Å². The van der Waals surface area contributed by atoms with Crippen LogP contribution in [0.2, 0.25) is 0 Å². The third-order valence-corrected chi connectivity index (χ3v) is 3.68. The van der Waals surface area contributed by atoms with Gasteiger partial charge in [-0.15, -0.1) is 0 Å². The molecule has 14 heavy (non-hydrogen) atoms. The van der Waals surface area contributed by atoms with Gasteiger partial charge in [0.25, 0.3) is 0 Å². The lowest BCUT2D eigenvalue weighted by molar-refractivity contribution is -0.146. The summed E-state index contributed by atoms with van der Waals surface area (Å²) in [6, 6.07) is 0. The second-order valence-electron chi connectivity index (χ2n) is 4.62. The lowest BCUT2D eigenvalue weighted by atomic mass is 9.98. The van der Waals surface area contributed by atoms with Gasteiger partial charge in [-0.05, 0) is 25.2 Å². The highest BCUT2D eigenvalue weighted by Crippen LogP contribution is 2.52. The highest BCUT2D eigenvalue weighted by molar-refractivity contribution is 5.84. The summed E-state index contributed by atoms with van der Waals surface area (Å²) in [5, 5.41) is 0. The van der Waals surface area contributed by atoms with Gasteiger partial charge in [0.15, 0.2) is 0 Å². The van der Waals surface area contributed by atoms with Gasteiger partial charge in [-0.25, -0.2) is 0 Å². The first kappa shape index (κ1) is 9.97. The van der Waals surface area contributed by atoms with E-state index < -0.39 is 5.54 Å². The molecule has 0 aromatic rings. The quantitative estimate of drug-likeness (QED) is 0.697. The third-order valence-electron chi connectivity index (χ3n) is 3.68. The standard InChI is InChI=1S/C11H19NO2/c1-2-14-10(13)11(12)7-9(11)8-5-3-4-6-8/h8-9H,2-7,12H2,1H3. The summed E-state index contributed by atoms with van der Waals surface area (Å²) in [7, 11) is 0. The lowest BCUT2D eigenvalue weighted by Gasteiger charge is -2.13. The summed E-state index contributed by atoms with van der Waals surface area (Å²) in [5.74, 6) is 0.908. The molecule has 0 amide bonds. The van der Waals surface area contributed by atoms with Crippen molar-refractivity contribution in [2.45, 2.75) is 44.6 Å². The van der Waals surface area contributed by atoms with Crippen LogP contribution in [0.1, 0.15) is 39.0 Å². The van der Waals surface area contributed by atoms with Gasteiger partial charge in [0, 0.05) is 0 Å². The van der Waals surface area contributed by atoms with Crippen LogP contribution in [0.5, 0.6) is 0 Å². The molecule has 0 radical (unpaired) electrons. The molecule has 3 nitrogen and oxygen atoms in total. The van der Waals surface area contributed by atoms with Crippen molar-refractivity contribution in [2.24, 2.45) is 17.6 Å². The monoisotopic (exact) mass is 197 g/mol. The Labute approximate surface area is 85.0 Å². The van der Waals surface area contributed by atoms with Crippen LogP contribution in [0.15, 0.2) is 0 Å². The zero-order valence-electron chi connectivity index (χ0n) is 8.79. The van der Waals surface area contributed by atoms with Crippen molar-refractivity contribution >= 4 is 5.97 Å². The van der Waals surface area contributed by atoms with Gasteiger partial charge in [-0.3, -0.25) is 4.79 Å². The lowest BCUT2D eigenvalue weighted by Crippen LogP contribution is -2.38. The van der Waals surface area contributed by atoms with E-state index in [1.165, 1.54) is 25.7 Å². The predicted octanol–water partition coefficient (Wildman–Crippen LogP) is 1.46. The average molecular weight is 197 g/mol. The largest absolute Gasteiger partial charge is 0.465 e. The fraction of sp³-hybridized carbons (Fsp3) is 0.909. The summed E-state index contributed by atoms with van der Waals surface area (Å²) in [4.78, 5) is 11.5. The molecule has 2 rings (SSSR count). The summed E-state index contributed by atoms with van der Waals surface area (Å²) in [6.07, 6.45) is 5.96. The molecule has 2 fully saturated rings. The molecule has 2 N–H and O–H groups in total. The second kappa shape index (κ2) is 3.54. The second-order valence-corrected chi connectivity index (χ2v) is 4.62. The number of hydrogen-bond acceptors (Lipinski definition) is 3. The van der Waals surface area contributed by atoms with Crippen LogP contribution >= 0.6 is 0 Å². The summed E-state index contributed by atoms with van der Waals surface area (Å²) in [5.41, 5.74) is 5.41. The summed E-state index contributed by atoms with van der Waals surface area (Å²) in [6.45, 7) is 2.27. The molecule has 0 saturated heterocycles. The van der Waals surface area contributed by atoms with Crippen LogP contribution in [0.25, 0.3) is 0 Å². The molecular weight excluding hydrogens is 178 g/mol. The number of hydrogen-bond donors (Lipinski definition) is 1. The maximum absolute atomic E-state index is 11.5. The van der Waals surface area contributed by atoms with Crippen molar-refractivity contribution in [3.63, 3.8) is 0 Å².